The second-order valence-corrected chi connectivity index (χ2v) is 8.17. The summed E-state index contributed by atoms with van der Waals surface area (Å²) in [6.07, 6.45) is 5.76. The predicted octanol–water partition coefficient (Wildman–Crippen LogP) is 4.91. The lowest BCUT2D eigenvalue weighted by atomic mass is 9.94. The molecule has 1 atom stereocenters. The Hall–Kier alpha value is -1.76. The molecule has 148 valence electrons. The lowest BCUT2D eigenvalue weighted by Gasteiger charge is -2.27. The Labute approximate surface area is 173 Å². The van der Waals surface area contributed by atoms with Gasteiger partial charge in [-0.3, -0.25) is 14.5 Å². The van der Waals surface area contributed by atoms with Gasteiger partial charge in [0.2, 0.25) is 0 Å². The van der Waals surface area contributed by atoms with Gasteiger partial charge in [-0.2, -0.15) is 0 Å². The number of unbranched alkanes of at least 4 members (excludes halogenated alkanes) is 2. The normalized spacial score (nSPS) is 19.5. The molecule has 0 N–H and O–H groups in total. The van der Waals surface area contributed by atoms with Gasteiger partial charge in [-0.15, -0.1) is 0 Å². The summed E-state index contributed by atoms with van der Waals surface area (Å²) in [4.78, 5) is 27.2. The molecule has 6 heteroatoms. The van der Waals surface area contributed by atoms with Gasteiger partial charge in [0.1, 0.15) is 0 Å². The van der Waals surface area contributed by atoms with Crippen molar-refractivity contribution in [2.75, 3.05) is 19.8 Å². The topological polar surface area (TPSA) is 55.8 Å². The maximum absolute atomic E-state index is 12.9. The van der Waals surface area contributed by atoms with Crippen LogP contribution in [0.4, 0.5) is 0 Å². The second-order valence-electron chi connectivity index (χ2n) is 7.31. The van der Waals surface area contributed by atoms with E-state index in [9.17, 15) is 9.59 Å². The zero-order valence-electron chi connectivity index (χ0n) is 15.8. The number of imide groups is 1. The third-order valence-electron chi connectivity index (χ3n) is 5.41. The first kappa shape index (κ1) is 19.6. The Morgan fingerprint density at radius 1 is 1.04 bits per heavy atom. The van der Waals surface area contributed by atoms with Crippen molar-refractivity contribution in [3.63, 3.8) is 0 Å². The molecule has 0 radical (unpaired) electrons. The van der Waals surface area contributed by atoms with Crippen LogP contribution >= 0.6 is 15.9 Å². The van der Waals surface area contributed by atoms with E-state index in [1.165, 1.54) is 4.90 Å². The van der Waals surface area contributed by atoms with E-state index in [-0.39, 0.29) is 18.1 Å². The molecule has 0 spiro atoms. The van der Waals surface area contributed by atoms with Crippen LogP contribution in [-0.2, 0) is 9.47 Å². The summed E-state index contributed by atoms with van der Waals surface area (Å²) in [7, 11) is 0. The zero-order chi connectivity index (χ0) is 19.5. The molecule has 0 aliphatic carbocycles. The first-order chi connectivity index (χ1) is 13.7. The van der Waals surface area contributed by atoms with Gasteiger partial charge in [-0.25, -0.2) is 0 Å². The number of carbonyl (C=O) groups is 2. The fraction of sp³-hybridized carbons (Fsp3) is 0.455. The minimum Gasteiger partial charge on any atom is -0.353 e. The monoisotopic (exact) mass is 445 g/mol. The average Bonchev–Trinajstić information content (AvgIpc) is 2.72. The van der Waals surface area contributed by atoms with Crippen LogP contribution in [0.5, 0.6) is 0 Å². The number of ether oxygens (including phenoxy) is 2. The Bertz CT molecular complexity index is 869. The van der Waals surface area contributed by atoms with Gasteiger partial charge in [0, 0.05) is 40.7 Å². The zero-order valence-corrected chi connectivity index (χ0v) is 17.4. The van der Waals surface area contributed by atoms with Crippen LogP contribution in [0.25, 0.3) is 10.8 Å². The van der Waals surface area contributed by atoms with Crippen molar-refractivity contribution in [3.8, 4) is 0 Å². The number of amides is 2. The molecule has 2 aliphatic heterocycles. The van der Waals surface area contributed by atoms with Crippen molar-refractivity contribution in [1.29, 1.82) is 0 Å². The summed E-state index contributed by atoms with van der Waals surface area (Å²) in [6.45, 7) is 1.88. The Kier molecular flexibility index (Phi) is 6.09. The standard InChI is InChI=1S/C22H24BrNO4/c23-18-11-10-17-20-15(18)7-6-8-16(20)21(25)24(22(17)26)12-3-1-4-13-27-19-9-2-5-14-28-19/h6-8,10-11,19H,1-5,9,12-14H2. The quantitative estimate of drug-likeness (QED) is 0.448. The van der Waals surface area contributed by atoms with Crippen LogP contribution < -0.4 is 0 Å². The van der Waals surface area contributed by atoms with Crippen molar-refractivity contribution in [1.82, 2.24) is 4.90 Å². The van der Waals surface area contributed by atoms with Gasteiger partial charge in [0.15, 0.2) is 6.29 Å². The minimum absolute atomic E-state index is 0.0599. The third-order valence-corrected chi connectivity index (χ3v) is 6.10. The molecule has 0 saturated carbocycles. The number of rotatable bonds is 7. The number of carbonyl (C=O) groups excluding carboxylic acids is 2. The van der Waals surface area contributed by atoms with E-state index in [4.69, 9.17) is 9.47 Å². The third kappa shape index (κ3) is 3.86. The maximum atomic E-state index is 12.9. The fourth-order valence-corrected chi connectivity index (χ4v) is 4.38. The van der Waals surface area contributed by atoms with Gasteiger partial charge < -0.3 is 9.47 Å². The van der Waals surface area contributed by atoms with E-state index in [1.807, 2.05) is 18.2 Å². The van der Waals surface area contributed by atoms with E-state index < -0.39 is 0 Å². The van der Waals surface area contributed by atoms with E-state index in [0.29, 0.717) is 24.3 Å². The van der Waals surface area contributed by atoms with Crippen LogP contribution in [0.2, 0.25) is 0 Å². The molecule has 28 heavy (non-hydrogen) atoms. The largest absolute Gasteiger partial charge is 0.353 e. The molecule has 1 unspecified atom stereocenters. The fourth-order valence-electron chi connectivity index (χ4n) is 3.92. The van der Waals surface area contributed by atoms with Crippen LogP contribution in [0.1, 0.15) is 59.2 Å². The van der Waals surface area contributed by atoms with Crippen LogP contribution in [0, 0.1) is 0 Å². The highest BCUT2D eigenvalue weighted by molar-refractivity contribution is 9.10. The molecule has 1 saturated heterocycles. The Morgan fingerprint density at radius 3 is 2.64 bits per heavy atom. The minimum atomic E-state index is -0.201. The number of halogens is 1. The first-order valence-corrected chi connectivity index (χ1v) is 10.8. The highest BCUT2D eigenvalue weighted by Crippen LogP contribution is 2.34. The number of hydrogen-bond acceptors (Lipinski definition) is 4. The van der Waals surface area contributed by atoms with Crippen LogP contribution in [0.15, 0.2) is 34.8 Å². The van der Waals surface area contributed by atoms with Crippen molar-refractivity contribution >= 4 is 38.5 Å². The van der Waals surface area contributed by atoms with Crippen molar-refractivity contribution in [3.05, 3.63) is 45.9 Å². The summed E-state index contributed by atoms with van der Waals surface area (Å²) < 4.78 is 12.2. The molecule has 2 heterocycles. The van der Waals surface area contributed by atoms with E-state index in [0.717, 1.165) is 60.4 Å². The van der Waals surface area contributed by atoms with Gasteiger partial charge >= 0.3 is 0 Å². The lowest BCUT2D eigenvalue weighted by molar-refractivity contribution is -0.162. The van der Waals surface area contributed by atoms with Crippen molar-refractivity contribution < 1.29 is 19.1 Å². The molecule has 5 nitrogen and oxygen atoms in total. The molecular formula is C22H24BrNO4. The van der Waals surface area contributed by atoms with Gasteiger partial charge in [-0.1, -0.05) is 28.1 Å². The van der Waals surface area contributed by atoms with Crippen LogP contribution in [0.3, 0.4) is 0 Å². The molecule has 0 bridgehead atoms. The van der Waals surface area contributed by atoms with E-state index >= 15 is 0 Å². The Morgan fingerprint density at radius 2 is 1.86 bits per heavy atom. The molecular weight excluding hydrogens is 422 g/mol. The molecule has 2 aromatic carbocycles. The number of hydrogen-bond donors (Lipinski definition) is 0. The number of nitrogens with zero attached hydrogens (tertiary/aromatic N) is 1. The second kappa shape index (κ2) is 8.72. The smallest absolute Gasteiger partial charge is 0.261 e. The summed E-state index contributed by atoms with van der Waals surface area (Å²) in [5, 5.41) is 1.66. The molecule has 1 fully saturated rings. The van der Waals surface area contributed by atoms with Gasteiger partial charge in [-0.05, 0) is 62.1 Å². The molecule has 2 aliphatic rings. The maximum Gasteiger partial charge on any atom is 0.261 e. The predicted molar refractivity (Wildman–Crippen MR) is 110 cm³/mol. The first-order valence-electron chi connectivity index (χ1n) is 9.97. The summed E-state index contributed by atoms with van der Waals surface area (Å²) in [5.74, 6) is -0.402. The lowest BCUT2D eigenvalue weighted by Crippen LogP contribution is -2.40. The highest BCUT2D eigenvalue weighted by atomic mass is 79.9. The molecule has 4 rings (SSSR count). The SMILES string of the molecule is O=C1c2cccc3c(Br)ccc(c23)C(=O)N1CCCCCOC1CCCCO1. The van der Waals surface area contributed by atoms with E-state index in [1.54, 1.807) is 12.1 Å². The van der Waals surface area contributed by atoms with Crippen molar-refractivity contribution in [2.45, 2.75) is 44.8 Å². The molecule has 0 aromatic heterocycles. The van der Waals surface area contributed by atoms with Gasteiger partial charge in [0.25, 0.3) is 11.8 Å². The summed E-state index contributed by atoms with van der Waals surface area (Å²) in [5.41, 5.74) is 1.21. The van der Waals surface area contributed by atoms with Gasteiger partial charge in [0.05, 0.1) is 0 Å². The molecule has 2 amide bonds. The molecule has 2 aromatic rings. The summed E-state index contributed by atoms with van der Waals surface area (Å²) in [6, 6.07) is 9.27. The number of benzene rings is 2. The average molecular weight is 446 g/mol. The summed E-state index contributed by atoms with van der Waals surface area (Å²) >= 11 is 3.51. The Balaban J connectivity index is 1.34. The highest BCUT2D eigenvalue weighted by Gasteiger charge is 2.32. The van der Waals surface area contributed by atoms with Crippen molar-refractivity contribution in [2.24, 2.45) is 0 Å². The van der Waals surface area contributed by atoms with Crippen LogP contribution in [-0.4, -0.2) is 42.8 Å². The van der Waals surface area contributed by atoms with E-state index in [2.05, 4.69) is 15.9 Å².